The molecule has 0 aromatic heterocycles. The van der Waals surface area contributed by atoms with Crippen molar-refractivity contribution in [2.45, 2.75) is 27.7 Å². The molecule has 2 aromatic rings. The summed E-state index contributed by atoms with van der Waals surface area (Å²) in [5, 5.41) is 12.6. The van der Waals surface area contributed by atoms with Crippen molar-refractivity contribution >= 4 is 5.69 Å². The summed E-state index contributed by atoms with van der Waals surface area (Å²) in [6.45, 7) is 16.1. The average molecular weight is 404 g/mol. The minimum Gasteiger partial charge on any atom is -0.508 e. The first-order valence-corrected chi connectivity index (χ1v) is 10.0. The van der Waals surface area contributed by atoms with E-state index in [0.717, 1.165) is 22.7 Å². The maximum absolute atomic E-state index is 9.31. The van der Waals surface area contributed by atoms with Crippen LogP contribution in [0.5, 0.6) is 17.2 Å². The van der Waals surface area contributed by atoms with E-state index in [0.29, 0.717) is 5.75 Å². The summed E-state index contributed by atoms with van der Waals surface area (Å²) in [7, 11) is 0. The third kappa shape index (κ3) is 8.70. The monoisotopic (exact) mass is 403 g/mol. The highest BCUT2D eigenvalue weighted by Crippen LogP contribution is 2.26. The van der Waals surface area contributed by atoms with Gasteiger partial charge in [0.15, 0.2) is 0 Å². The number of anilines is 1. The molecule has 0 amide bonds. The largest absolute Gasteiger partial charge is 0.508 e. The van der Waals surface area contributed by atoms with Crippen molar-refractivity contribution in [3.8, 4) is 17.2 Å². The molecule has 2 N–H and O–H groups in total. The number of ether oxygens (including phenoxy) is 1. The Labute approximate surface area is 181 Å². The van der Waals surface area contributed by atoms with Gasteiger partial charge in [-0.3, -0.25) is 0 Å². The highest BCUT2D eigenvalue weighted by molar-refractivity contribution is 5.55. The second-order valence-corrected chi connectivity index (χ2v) is 6.56. The Kier molecular flexibility index (Phi) is 11.2. The van der Waals surface area contributed by atoms with Gasteiger partial charge in [0.1, 0.15) is 17.2 Å². The van der Waals surface area contributed by atoms with Crippen LogP contribution in [0.15, 0.2) is 109 Å². The Bertz CT molecular complexity index is 868. The second-order valence-electron chi connectivity index (χ2n) is 6.56. The first-order valence-electron chi connectivity index (χ1n) is 10.0. The molecule has 30 heavy (non-hydrogen) atoms. The fourth-order valence-corrected chi connectivity index (χ4v) is 2.36. The van der Waals surface area contributed by atoms with Gasteiger partial charge in [0, 0.05) is 17.3 Å². The van der Waals surface area contributed by atoms with Crippen LogP contribution in [0.2, 0.25) is 0 Å². The highest BCUT2D eigenvalue weighted by Gasteiger charge is 2.09. The lowest BCUT2D eigenvalue weighted by Crippen LogP contribution is -2.06. The molecular formula is C27H33NO2. The van der Waals surface area contributed by atoms with E-state index in [1.54, 1.807) is 24.3 Å². The van der Waals surface area contributed by atoms with Crippen molar-refractivity contribution in [1.82, 2.24) is 0 Å². The van der Waals surface area contributed by atoms with Crippen LogP contribution in [-0.2, 0) is 0 Å². The summed E-state index contributed by atoms with van der Waals surface area (Å²) in [5.74, 6) is 1.80. The van der Waals surface area contributed by atoms with Crippen LogP contribution in [0.3, 0.4) is 0 Å². The lowest BCUT2D eigenvalue weighted by Gasteiger charge is -2.17. The first kappa shape index (κ1) is 24.6. The zero-order valence-corrected chi connectivity index (χ0v) is 18.4. The van der Waals surface area contributed by atoms with E-state index in [9.17, 15) is 5.11 Å². The molecule has 2 aromatic carbocycles. The van der Waals surface area contributed by atoms with Crippen molar-refractivity contribution < 1.29 is 9.84 Å². The molecule has 3 heteroatoms. The average Bonchev–Trinajstić information content (AvgIpc) is 2.77. The van der Waals surface area contributed by atoms with Gasteiger partial charge in [-0.15, -0.1) is 6.58 Å². The van der Waals surface area contributed by atoms with Gasteiger partial charge in [-0.2, -0.15) is 0 Å². The molecule has 0 aliphatic rings. The smallest absolute Gasteiger partial charge is 0.127 e. The Hall–Kier alpha value is -3.46. The number of rotatable bonds is 8. The zero-order chi connectivity index (χ0) is 22.4. The quantitative estimate of drug-likeness (QED) is 0.346. The van der Waals surface area contributed by atoms with Gasteiger partial charge in [0.25, 0.3) is 0 Å². The van der Waals surface area contributed by atoms with Crippen LogP contribution in [-0.4, -0.2) is 5.11 Å². The topological polar surface area (TPSA) is 41.5 Å². The number of benzene rings is 2. The Morgan fingerprint density at radius 1 is 0.933 bits per heavy atom. The van der Waals surface area contributed by atoms with Gasteiger partial charge in [0.05, 0.1) is 0 Å². The van der Waals surface area contributed by atoms with Crippen LogP contribution < -0.4 is 10.1 Å². The second kappa shape index (κ2) is 13.7. The molecule has 0 spiro atoms. The number of nitrogens with one attached hydrogen (secondary N) is 1. The fraction of sp³-hybridized carbons (Fsp3) is 0.185. The van der Waals surface area contributed by atoms with E-state index in [1.165, 1.54) is 0 Å². The van der Waals surface area contributed by atoms with Gasteiger partial charge < -0.3 is 15.2 Å². The van der Waals surface area contributed by atoms with Gasteiger partial charge in [-0.1, -0.05) is 50.0 Å². The standard InChI is InChI=1S/C23H25NO2.C4H8/c1-5-7-8-23(17(3)6-2)18(4)24-19-9-13-21(14-10-19)26-22-15-11-20(25)12-16-22;1-3-4-2/h5-17,24-25H,2,4H2,1,3H3;3-4H,1-2H3/b7-5-,23-8-;4-3-. The molecule has 0 saturated heterocycles. The van der Waals surface area contributed by atoms with Crippen molar-refractivity contribution in [3.63, 3.8) is 0 Å². The zero-order valence-electron chi connectivity index (χ0n) is 18.4. The number of allylic oxidation sites excluding steroid dienone is 7. The van der Waals surface area contributed by atoms with Crippen molar-refractivity contribution in [1.29, 1.82) is 0 Å². The fourth-order valence-electron chi connectivity index (χ4n) is 2.36. The molecule has 0 fully saturated rings. The third-order valence-corrected chi connectivity index (χ3v) is 4.22. The lowest BCUT2D eigenvalue weighted by atomic mass is 9.98. The molecule has 0 bridgehead atoms. The molecule has 1 atom stereocenters. The maximum Gasteiger partial charge on any atom is 0.127 e. The van der Waals surface area contributed by atoms with Crippen LogP contribution in [0.1, 0.15) is 27.7 Å². The summed E-state index contributed by atoms with van der Waals surface area (Å²) in [6, 6.07) is 14.3. The SMILES string of the molecule is C/C=C\C.C=CC(C)/C(=C/C=C\C)C(=C)Nc1ccc(Oc2ccc(O)cc2)cc1. The predicted molar refractivity (Wildman–Crippen MR) is 130 cm³/mol. The van der Waals surface area contributed by atoms with Crippen LogP contribution in [0.4, 0.5) is 5.69 Å². The number of phenols is 1. The van der Waals surface area contributed by atoms with Crippen molar-refractivity contribution in [2.24, 2.45) is 5.92 Å². The van der Waals surface area contributed by atoms with Crippen molar-refractivity contribution in [3.05, 3.63) is 109 Å². The van der Waals surface area contributed by atoms with E-state index in [4.69, 9.17) is 4.74 Å². The predicted octanol–water partition coefficient (Wildman–Crippen LogP) is 8.02. The molecule has 0 heterocycles. The van der Waals surface area contributed by atoms with Gasteiger partial charge >= 0.3 is 0 Å². The summed E-state index contributed by atoms with van der Waals surface area (Å²) < 4.78 is 5.75. The maximum atomic E-state index is 9.31. The Balaban J connectivity index is 0.00000103. The molecule has 0 radical (unpaired) electrons. The highest BCUT2D eigenvalue weighted by atomic mass is 16.5. The van der Waals surface area contributed by atoms with E-state index in [2.05, 4.69) is 25.4 Å². The van der Waals surface area contributed by atoms with Crippen LogP contribution in [0.25, 0.3) is 0 Å². The summed E-state index contributed by atoms with van der Waals surface area (Å²) >= 11 is 0. The normalized spacial score (nSPS) is 12.2. The minimum atomic E-state index is 0.198. The number of aromatic hydroxyl groups is 1. The van der Waals surface area contributed by atoms with Gasteiger partial charge in [0.2, 0.25) is 0 Å². The summed E-state index contributed by atoms with van der Waals surface area (Å²) in [4.78, 5) is 0. The van der Waals surface area contributed by atoms with E-state index < -0.39 is 0 Å². The summed E-state index contributed by atoms with van der Waals surface area (Å²) in [5.41, 5.74) is 2.85. The molecule has 0 aliphatic heterocycles. The molecule has 0 aliphatic carbocycles. The van der Waals surface area contributed by atoms with Crippen LogP contribution in [0, 0.1) is 5.92 Å². The Morgan fingerprint density at radius 3 is 1.93 bits per heavy atom. The van der Waals surface area contributed by atoms with E-state index >= 15 is 0 Å². The van der Waals surface area contributed by atoms with Crippen molar-refractivity contribution in [2.75, 3.05) is 5.32 Å². The molecular weight excluding hydrogens is 370 g/mol. The molecule has 158 valence electrons. The number of phenolic OH excluding ortho intramolecular Hbond substituents is 1. The van der Waals surface area contributed by atoms with E-state index in [-0.39, 0.29) is 11.7 Å². The minimum absolute atomic E-state index is 0.198. The Morgan fingerprint density at radius 2 is 1.47 bits per heavy atom. The summed E-state index contributed by atoms with van der Waals surface area (Å²) in [6.07, 6.45) is 11.9. The number of hydrogen-bond donors (Lipinski definition) is 2. The molecule has 0 saturated carbocycles. The van der Waals surface area contributed by atoms with Gasteiger partial charge in [-0.05, 0) is 74.9 Å². The number of hydrogen-bond acceptors (Lipinski definition) is 3. The first-order chi connectivity index (χ1) is 14.4. The van der Waals surface area contributed by atoms with E-state index in [1.807, 2.05) is 81.5 Å². The lowest BCUT2D eigenvalue weighted by molar-refractivity contribution is 0.464. The molecule has 3 nitrogen and oxygen atoms in total. The van der Waals surface area contributed by atoms with Crippen LogP contribution >= 0.6 is 0 Å². The molecule has 1 unspecified atom stereocenters. The molecule has 2 rings (SSSR count). The third-order valence-electron chi connectivity index (χ3n) is 4.22. The van der Waals surface area contributed by atoms with Gasteiger partial charge in [-0.25, -0.2) is 0 Å².